The lowest BCUT2D eigenvalue weighted by atomic mass is 10.0. The number of carbonyl (C=O) groups excluding carboxylic acids is 1. The number of pyridine rings is 1. The number of alkyl halides is 3. The van der Waals surface area contributed by atoms with Crippen LogP contribution in [0.25, 0.3) is 11.2 Å². The van der Waals surface area contributed by atoms with Gasteiger partial charge >= 0.3 is 6.18 Å². The molecule has 36 heavy (non-hydrogen) atoms. The number of fused-ring (bicyclic) bond motifs is 1. The summed E-state index contributed by atoms with van der Waals surface area (Å²) in [7, 11) is 0. The molecule has 0 radical (unpaired) electrons. The number of thioether (sulfide) groups is 1. The van der Waals surface area contributed by atoms with E-state index in [1.165, 1.54) is 17.8 Å². The van der Waals surface area contributed by atoms with Crippen molar-refractivity contribution >= 4 is 34.5 Å². The van der Waals surface area contributed by atoms with Crippen LogP contribution in [-0.4, -0.2) is 20.4 Å². The van der Waals surface area contributed by atoms with Crippen LogP contribution in [0.5, 0.6) is 0 Å². The zero-order valence-electron chi connectivity index (χ0n) is 20.5. The third-order valence-corrected chi connectivity index (χ3v) is 6.99. The SMILES string of the molecule is CCC(C(=O)Nc1c(C)cc(C)cc1C)n1c(SCc2cccc(C(F)(F)F)c2)nc2cccnc21. The van der Waals surface area contributed by atoms with E-state index in [-0.39, 0.29) is 11.7 Å². The number of hydrogen-bond donors (Lipinski definition) is 1. The van der Waals surface area contributed by atoms with Crippen molar-refractivity contribution < 1.29 is 18.0 Å². The summed E-state index contributed by atoms with van der Waals surface area (Å²) in [4.78, 5) is 22.7. The first-order chi connectivity index (χ1) is 17.1. The zero-order valence-corrected chi connectivity index (χ0v) is 21.3. The summed E-state index contributed by atoms with van der Waals surface area (Å²) in [6, 6.07) is 12.3. The van der Waals surface area contributed by atoms with Gasteiger partial charge in [0.05, 0.1) is 5.56 Å². The number of hydrogen-bond acceptors (Lipinski definition) is 4. The van der Waals surface area contributed by atoms with Crippen LogP contribution in [0.15, 0.2) is 59.9 Å². The summed E-state index contributed by atoms with van der Waals surface area (Å²) in [5.74, 6) is 0.0694. The Bertz CT molecular complexity index is 1390. The van der Waals surface area contributed by atoms with Gasteiger partial charge < -0.3 is 5.32 Å². The van der Waals surface area contributed by atoms with Crippen molar-refractivity contribution in [2.45, 2.75) is 57.2 Å². The molecule has 5 nitrogen and oxygen atoms in total. The third-order valence-electron chi connectivity index (χ3n) is 5.96. The second-order valence-corrected chi connectivity index (χ2v) is 9.73. The van der Waals surface area contributed by atoms with E-state index in [1.807, 2.05) is 45.9 Å². The van der Waals surface area contributed by atoms with Crippen LogP contribution in [0.4, 0.5) is 18.9 Å². The monoisotopic (exact) mass is 512 g/mol. The molecule has 1 amide bonds. The molecule has 0 aliphatic carbocycles. The number of halogens is 3. The van der Waals surface area contributed by atoms with Crippen LogP contribution in [-0.2, 0) is 16.7 Å². The van der Waals surface area contributed by atoms with E-state index in [0.717, 1.165) is 34.5 Å². The fourth-order valence-electron chi connectivity index (χ4n) is 4.35. The highest BCUT2D eigenvalue weighted by molar-refractivity contribution is 7.98. The van der Waals surface area contributed by atoms with Crippen molar-refractivity contribution in [3.8, 4) is 0 Å². The van der Waals surface area contributed by atoms with Gasteiger partial charge in [-0.05, 0) is 62.1 Å². The molecule has 4 rings (SSSR count). The second-order valence-electron chi connectivity index (χ2n) is 8.78. The van der Waals surface area contributed by atoms with E-state index in [0.29, 0.717) is 28.3 Å². The highest BCUT2D eigenvalue weighted by Gasteiger charge is 2.30. The van der Waals surface area contributed by atoms with Gasteiger partial charge in [-0.2, -0.15) is 13.2 Å². The van der Waals surface area contributed by atoms with E-state index in [2.05, 4.69) is 15.3 Å². The number of rotatable bonds is 7. The molecule has 0 spiro atoms. The molecule has 0 aliphatic rings. The van der Waals surface area contributed by atoms with Gasteiger partial charge in [0, 0.05) is 17.6 Å². The molecule has 4 aromatic rings. The van der Waals surface area contributed by atoms with Gasteiger partial charge in [0.15, 0.2) is 10.8 Å². The first-order valence-electron chi connectivity index (χ1n) is 11.6. The van der Waals surface area contributed by atoms with Crippen LogP contribution < -0.4 is 5.32 Å². The Labute approximate surface area is 212 Å². The summed E-state index contributed by atoms with van der Waals surface area (Å²) < 4.78 is 41.3. The minimum Gasteiger partial charge on any atom is -0.324 e. The average molecular weight is 513 g/mol. The van der Waals surface area contributed by atoms with Crippen molar-refractivity contribution in [2.75, 3.05) is 5.32 Å². The smallest absolute Gasteiger partial charge is 0.324 e. The normalized spacial score (nSPS) is 12.6. The topological polar surface area (TPSA) is 59.8 Å². The summed E-state index contributed by atoms with van der Waals surface area (Å²) in [6.07, 6.45) is -2.29. The van der Waals surface area contributed by atoms with E-state index >= 15 is 0 Å². The average Bonchev–Trinajstić information content (AvgIpc) is 3.18. The maximum absolute atomic E-state index is 13.5. The number of nitrogens with zero attached hydrogens (tertiary/aromatic N) is 3. The second kappa shape index (κ2) is 10.3. The molecule has 2 heterocycles. The zero-order chi connectivity index (χ0) is 26.0. The Morgan fingerprint density at radius 3 is 2.47 bits per heavy atom. The number of aryl methyl sites for hydroxylation is 3. The number of imidazole rings is 1. The van der Waals surface area contributed by atoms with Crippen molar-refractivity contribution in [1.29, 1.82) is 0 Å². The van der Waals surface area contributed by atoms with Gasteiger partial charge in [0.2, 0.25) is 5.91 Å². The van der Waals surface area contributed by atoms with Gasteiger partial charge in [-0.15, -0.1) is 0 Å². The van der Waals surface area contributed by atoms with Gasteiger partial charge in [0.25, 0.3) is 0 Å². The van der Waals surface area contributed by atoms with Crippen LogP contribution >= 0.6 is 11.8 Å². The van der Waals surface area contributed by atoms with E-state index in [9.17, 15) is 18.0 Å². The molecule has 2 aromatic heterocycles. The van der Waals surface area contributed by atoms with Gasteiger partial charge in [0.1, 0.15) is 11.6 Å². The third kappa shape index (κ3) is 5.41. The summed E-state index contributed by atoms with van der Waals surface area (Å²) in [5, 5.41) is 3.61. The van der Waals surface area contributed by atoms with Crippen molar-refractivity contribution in [3.63, 3.8) is 0 Å². The maximum atomic E-state index is 13.5. The fraction of sp³-hybridized carbons (Fsp3) is 0.296. The summed E-state index contributed by atoms with van der Waals surface area (Å²) >= 11 is 1.29. The first-order valence-corrected chi connectivity index (χ1v) is 12.6. The Balaban J connectivity index is 1.67. The first kappa shape index (κ1) is 25.8. The molecule has 0 fully saturated rings. The van der Waals surface area contributed by atoms with Crippen LogP contribution in [0.3, 0.4) is 0 Å². The van der Waals surface area contributed by atoms with E-state index < -0.39 is 17.8 Å². The maximum Gasteiger partial charge on any atom is 0.416 e. The highest BCUT2D eigenvalue weighted by Crippen LogP contribution is 2.34. The molecule has 0 saturated carbocycles. The molecule has 1 atom stereocenters. The lowest BCUT2D eigenvalue weighted by Crippen LogP contribution is -2.27. The summed E-state index contributed by atoms with van der Waals surface area (Å²) in [6.45, 7) is 7.84. The molecule has 9 heteroatoms. The summed E-state index contributed by atoms with van der Waals surface area (Å²) in [5.41, 5.74) is 4.86. The van der Waals surface area contributed by atoms with Gasteiger partial charge in [-0.1, -0.05) is 54.6 Å². The Hall–Kier alpha value is -3.33. The predicted octanol–water partition coefficient (Wildman–Crippen LogP) is 7.26. The Kier molecular flexibility index (Phi) is 7.40. The van der Waals surface area contributed by atoms with Gasteiger partial charge in [-0.25, -0.2) is 9.97 Å². The molecule has 2 aromatic carbocycles. The van der Waals surface area contributed by atoms with Crippen LogP contribution in [0, 0.1) is 20.8 Å². The molecular formula is C27H27F3N4OS. The number of carbonyl (C=O) groups is 1. The van der Waals surface area contributed by atoms with Crippen LogP contribution in [0.1, 0.15) is 47.2 Å². The van der Waals surface area contributed by atoms with Gasteiger partial charge in [-0.3, -0.25) is 9.36 Å². The number of nitrogens with one attached hydrogen (secondary N) is 1. The lowest BCUT2D eigenvalue weighted by molar-refractivity contribution is -0.137. The lowest BCUT2D eigenvalue weighted by Gasteiger charge is -2.21. The molecule has 0 aliphatic heterocycles. The molecule has 1 unspecified atom stereocenters. The number of amides is 1. The molecular weight excluding hydrogens is 485 g/mol. The van der Waals surface area contributed by atoms with Crippen molar-refractivity contribution in [2.24, 2.45) is 0 Å². The van der Waals surface area contributed by atoms with E-state index in [1.54, 1.807) is 22.9 Å². The Morgan fingerprint density at radius 2 is 1.81 bits per heavy atom. The highest BCUT2D eigenvalue weighted by atomic mass is 32.2. The van der Waals surface area contributed by atoms with E-state index in [4.69, 9.17) is 0 Å². The number of anilines is 1. The molecule has 188 valence electrons. The molecule has 1 N–H and O–H groups in total. The molecule has 0 saturated heterocycles. The largest absolute Gasteiger partial charge is 0.416 e. The predicted molar refractivity (Wildman–Crippen MR) is 137 cm³/mol. The van der Waals surface area contributed by atoms with Crippen molar-refractivity contribution in [3.05, 3.63) is 82.5 Å². The Morgan fingerprint density at radius 1 is 1.08 bits per heavy atom. The standard InChI is InChI=1S/C27H27F3N4OS/c1-5-22(25(35)33-23-17(3)12-16(2)13-18(23)4)34-24-21(10-7-11-31-24)32-26(34)36-15-19-8-6-9-20(14-19)27(28,29)30/h6-14,22H,5,15H2,1-4H3,(H,33,35). The molecule has 0 bridgehead atoms. The fourth-order valence-corrected chi connectivity index (χ4v) is 5.34. The number of benzene rings is 2. The van der Waals surface area contributed by atoms with Crippen LogP contribution in [0.2, 0.25) is 0 Å². The minimum absolute atomic E-state index is 0.196. The quantitative estimate of drug-likeness (QED) is 0.265. The minimum atomic E-state index is -4.41. The van der Waals surface area contributed by atoms with Crippen molar-refractivity contribution in [1.82, 2.24) is 14.5 Å². The number of aromatic nitrogens is 3.